The summed E-state index contributed by atoms with van der Waals surface area (Å²) in [6, 6.07) is 14.8. The van der Waals surface area contributed by atoms with Crippen LogP contribution < -0.4 is 0 Å². The van der Waals surface area contributed by atoms with E-state index in [0.717, 1.165) is 59.5 Å². The number of aryl methyl sites for hydroxylation is 2. The zero-order valence-corrected chi connectivity index (χ0v) is 28.3. The summed E-state index contributed by atoms with van der Waals surface area (Å²) in [5, 5.41) is 12.1. The van der Waals surface area contributed by atoms with Gasteiger partial charge in [-0.2, -0.15) is 0 Å². The number of carbonyl (C=O) groups is 1. The number of aliphatic hydroxyl groups excluding tert-OH is 1. The molecule has 0 saturated heterocycles. The van der Waals surface area contributed by atoms with Gasteiger partial charge in [0.2, 0.25) is 0 Å². The Morgan fingerprint density at radius 2 is 1.43 bits per heavy atom. The van der Waals surface area contributed by atoms with Crippen molar-refractivity contribution in [3.05, 3.63) is 89.3 Å². The van der Waals surface area contributed by atoms with E-state index in [4.69, 9.17) is 0 Å². The standard InChI is InChI=1S/C21H14F2N.C15H28O2.Ir/c1-12-9-13(2)11-14(10-12)21-16-3-4-17-18(22)5-6-19(23)20(17)15(16)7-8-24-21;1-7-14(5,8-2)12(16)11-13(17)15(6,9-3)10-4;/h3-10H,1-2H3;11,16H,7-10H2,1-6H3;/q-1;;/b;12-11-;. The zero-order valence-electron chi connectivity index (χ0n) is 25.9. The molecule has 0 atom stereocenters. The second kappa shape index (κ2) is 14.5. The average molecular weight is 751 g/mol. The fourth-order valence-electron chi connectivity index (χ4n) is 4.95. The monoisotopic (exact) mass is 751 g/mol. The van der Waals surface area contributed by atoms with E-state index in [1.165, 1.54) is 12.1 Å². The molecular formula is C36H42F2IrNO2-. The van der Waals surface area contributed by atoms with Crippen LogP contribution in [0.15, 0.2) is 60.5 Å². The third-order valence-electron chi connectivity index (χ3n) is 8.82. The minimum atomic E-state index is -0.432. The molecular weight excluding hydrogens is 709 g/mol. The van der Waals surface area contributed by atoms with Crippen molar-refractivity contribution < 1.29 is 38.8 Å². The molecule has 1 N–H and O–H groups in total. The first kappa shape index (κ1) is 35.2. The summed E-state index contributed by atoms with van der Waals surface area (Å²) in [5.74, 6) is -0.572. The molecule has 0 unspecified atom stereocenters. The molecule has 0 amide bonds. The number of fused-ring (bicyclic) bond motifs is 3. The Bertz CT molecular complexity index is 1570. The second-order valence-electron chi connectivity index (χ2n) is 11.5. The van der Waals surface area contributed by atoms with Gasteiger partial charge in [-0.25, -0.2) is 8.78 Å². The third kappa shape index (κ3) is 7.33. The van der Waals surface area contributed by atoms with E-state index < -0.39 is 11.6 Å². The van der Waals surface area contributed by atoms with Crippen LogP contribution in [0.1, 0.15) is 78.4 Å². The van der Waals surface area contributed by atoms with Gasteiger partial charge in [-0.3, -0.25) is 4.79 Å². The van der Waals surface area contributed by atoms with Gasteiger partial charge in [0.25, 0.3) is 0 Å². The summed E-state index contributed by atoms with van der Waals surface area (Å²) in [5.41, 5.74) is 3.10. The molecule has 0 saturated carbocycles. The Morgan fingerprint density at radius 1 is 0.857 bits per heavy atom. The predicted molar refractivity (Wildman–Crippen MR) is 166 cm³/mol. The van der Waals surface area contributed by atoms with Crippen LogP contribution in [0.4, 0.5) is 8.78 Å². The molecule has 0 aliphatic carbocycles. The summed E-state index contributed by atoms with van der Waals surface area (Å²) in [4.78, 5) is 16.7. The number of aliphatic hydroxyl groups is 1. The quantitative estimate of drug-likeness (QED) is 0.0845. The number of pyridine rings is 1. The van der Waals surface area contributed by atoms with Gasteiger partial charge in [0.15, 0.2) is 5.78 Å². The Labute approximate surface area is 262 Å². The molecule has 0 aliphatic heterocycles. The Hall–Kier alpha value is -2.95. The van der Waals surface area contributed by atoms with Crippen LogP contribution in [-0.4, -0.2) is 15.9 Å². The Kier molecular flexibility index (Phi) is 12.2. The summed E-state index contributed by atoms with van der Waals surface area (Å²) < 4.78 is 28.4. The van der Waals surface area contributed by atoms with Gasteiger partial charge < -0.3 is 10.1 Å². The van der Waals surface area contributed by atoms with Crippen molar-refractivity contribution in [1.29, 1.82) is 0 Å². The van der Waals surface area contributed by atoms with E-state index in [1.54, 1.807) is 24.4 Å². The first-order chi connectivity index (χ1) is 19.3. The molecule has 1 heterocycles. The Morgan fingerprint density at radius 3 is 2.00 bits per heavy atom. The SMILES string of the molecule is CCC(C)(CC)C(=O)/C=C(\O)C(C)(CC)CC.Cc1[c-]c(-c2nccc3c2ccc2c(F)ccc(F)c23)cc(C)c1.[Ir]. The van der Waals surface area contributed by atoms with Gasteiger partial charge in [-0.05, 0) is 60.3 Å². The van der Waals surface area contributed by atoms with Crippen LogP contribution in [0.3, 0.4) is 0 Å². The van der Waals surface area contributed by atoms with Gasteiger partial charge in [-0.1, -0.05) is 67.5 Å². The van der Waals surface area contributed by atoms with Gasteiger partial charge >= 0.3 is 0 Å². The number of allylic oxidation sites excluding steroid dienone is 2. The molecule has 1 aromatic heterocycles. The minimum absolute atomic E-state index is 0. The van der Waals surface area contributed by atoms with Crippen molar-refractivity contribution in [2.45, 2.75) is 81.1 Å². The number of carbonyl (C=O) groups excluding carboxylic acids is 1. The number of nitrogens with zero attached hydrogens (tertiary/aromatic N) is 1. The third-order valence-corrected chi connectivity index (χ3v) is 8.82. The maximum Gasteiger partial charge on any atom is 0.164 e. The molecule has 0 aliphatic rings. The number of rotatable bonds is 8. The number of hydrogen-bond acceptors (Lipinski definition) is 3. The van der Waals surface area contributed by atoms with Crippen molar-refractivity contribution in [1.82, 2.24) is 4.98 Å². The second-order valence-corrected chi connectivity index (χ2v) is 11.5. The van der Waals surface area contributed by atoms with Crippen molar-refractivity contribution in [2.24, 2.45) is 10.8 Å². The van der Waals surface area contributed by atoms with Crippen molar-refractivity contribution in [3.8, 4) is 11.3 Å². The molecule has 4 rings (SSSR count). The van der Waals surface area contributed by atoms with Crippen LogP contribution in [0.25, 0.3) is 32.8 Å². The number of benzene rings is 3. The predicted octanol–water partition coefficient (Wildman–Crippen LogP) is 10.4. The molecule has 1 radical (unpaired) electrons. The van der Waals surface area contributed by atoms with Crippen LogP contribution in [0, 0.1) is 42.4 Å². The number of hydrogen-bond donors (Lipinski definition) is 1. The maximum atomic E-state index is 14.4. The number of halogens is 2. The average Bonchev–Trinajstić information content (AvgIpc) is 2.97. The van der Waals surface area contributed by atoms with E-state index in [0.29, 0.717) is 10.8 Å². The molecule has 227 valence electrons. The molecule has 0 fully saturated rings. The van der Waals surface area contributed by atoms with Crippen molar-refractivity contribution in [2.75, 3.05) is 0 Å². The van der Waals surface area contributed by atoms with E-state index in [1.807, 2.05) is 67.5 Å². The molecule has 3 nitrogen and oxygen atoms in total. The summed E-state index contributed by atoms with van der Waals surface area (Å²) in [7, 11) is 0. The zero-order chi connectivity index (χ0) is 30.5. The molecule has 3 aromatic carbocycles. The summed E-state index contributed by atoms with van der Waals surface area (Å²) in [6.45, 7) is 16.1. The van der Waals surface area contributed by atoms with Gasteiger partial charge in [-0.15, -0.1) is 34.9 Å². The summed E-state index contributed by atoms with van der Waals surface area (Å²) in [6.07, 6.45) is 6.39. The smallest absolute Gasteiger partial charge is 0.164 e. The molecule has 0 bridgehead atoms. The number of ketones is 1. The molecule has 4 aromatic rings. The number of aromatic nitrogens is 1. The van der Waals surface area contributed by atoms with Crippen LogP contribution in [0.5, 0.6) is 0 Å². The van der Waals surface area contributed by atoms with Crippen LogP contribution in [0.2, 0.25) is 0 Å². The van der Waals surface area contributed by atoms with Crippen molar-refractivity contribution >= 4 is 27.3 Å². The van der Waals surface area contributed by atoms with Gasteiger partial charge in [0.1, 0.15) is 17.4 Å². The minimum Gasteiger partial charge on any atom is -0.512 e. The van der Waals surface area contributed by atoms with Gasteiger partial charge in [0, 0.05) is 54.0 Å². The normalized spacial score (nSPS) is 12.1. The molecule has 42 heavy (non-hydrogen) atoms. The molecule has 0 spiro atoms. The van der Waals surface area contributed by atoms with Crippen LogP contribution in [-0.2, 0) is 24.9 Å². The Balaban J connectivity index is 0.000000307. The van der Waals surface area contributed by atoms with Crippen LogP contribution >= 0.6 is 0 Å². The van der Waals surface area contributed by atoms with Gasteiger partial charge in [0.05, 0.1) is 0 Å². The van der Waals surface area contributed by atoms with E-state index >= 15 is 0 Å². The van der Waals surface area contributed by atoms with E-state index in [9.17, 15) is 18.7 Å². The first-order valence-electron chi connectivity index (χ1n) is 14.5. The van der Waals surface area contributed by atoms with E-state index in [2.05, 4.69) is 11.1 Å². The maximum absolute atomic E-state index is 14.4. The fraction of sp³-hybridized carbons (Fsp3) is 0.389. The molecule has 6 heteroatoms. The topological polar surface area (TPSA) is 50.2 Å². The summed E-state index contributed by atoms with van der Waals surface area (Å²) >= 11 is 0. The van der Waals surface area contributed by atoms with Crippen molar-refractivity contribution in [3.63, 3.8) is 0 Å². The van der Waals surface area contributed by atoms with E-state index in [-0.39, 0.29) is 47.9 Å². The fourth-order valence-corrected chi connectivity index (χ4v) is 4.95. The largest absolute Gasteiger partial charge is 0.512 e. The first-order valence-corrected chi connectivity index (χ1v) is 14.5.